The minimum atomic E-state index is -3.10. The van der Waals surface area contributed by atoms with Crippen LogP contribution in [-0.2, 0) is 9.84 Å². The zero-order valence-corrected chi connectivity index (χ0v) is 16.9. The van der Waals surface area contributed by atoms with Gasteiger partial charge in [0.2, 0.25) is 0 Å². The molecule has 1 aromatic heterocycles. The fourth-order valence-corrected chi connectivity index (χ4v) is 5.08. The van der Waals surface area contributed by atoms with Gasteiger partial charge in [0.1, 0.15) is 5.82 Å². The molecule has 28 heavy (non-hydrogen) atoms. The lowest BCUT2D eigenvalue weighted by Gasteiger charge is -2.28. The molecule has 1 aromatic carbocycles. The molecule has 0 radical (unpaired) electrons. The lowest BCUT2D eigenvalue weighted by molar-refractivity contribution is 0.0683. The van der Waals surface area contributed by atoms with E-state index in [9.17, 15) is 17.6 Å². The molecule has 1 amide bonds. The second kappa shape index (κ2) is 8.40. The average molecular weight is 408 g/mol. The third kappa shape index (κ3) is 4.96. The molecular weight excluding hydrogens is 383 g/mol. The van der Waals surface area contributed by atoms with Crippen molar-refractivity contribution in [2.24, 2.45) is 0 Å². The molecule has 1 aliphatic rings. The van der Waals surface area contributed by atoms with Crippen LogP contribution >= 0.6 is 0 Å². The van der Waals surface area contributed by atoms with E-state index in [1.807, 2.05) is 19.0 Å². The number of carbonyl (C=O) groups excluding carboxylic acids is 1. The number of hydrogen-bond acceptors (Lipinski definition) is 5. The molecule has 0 N–H and O–H groups in total. The molecule has 2 aromatic rings. The smallest absolute Gasteiger partial charge is 0.274 e. The van der Waals surface area contributed by atoms with Crippen molar-refractivity contribution in [1.29, 1.82) is 0 Å². The fourth-order valence-electron chi connectivity index (χ4n) is 3.35. The average Bonchev–Trinajstić information content (AvgIpc) is 3.25. The van der Waals surface area contributed by atoms with E-state index in [0.717, 1.165) is 13.0 Å². The number of rotatable bonds is 7. The highest BCUT2D eigenvalue weighted by molar-refractivity contribution is 7.91. The summed E-state index contributed by atoms with van der Waals surface area (Å²) < 4.78 is 38.4. The van der Waals surface area contributed by atoms with Gasteiger partial charge in [-0.25, -0.2) is 17.5 Å². The highest BCUT2D eigenvalue weighted by Crippen LogP contribution is 2.20. The Kier molecular flexibility index (Phi) is 6.14. The zero-order valence-electron chi connectivity index (χ0n) is 16.1. The van der Waals surface area contributed by atoms with Gasteiger partial charge in [0, 0.05) is 18.8 Å². The molecule has 0 saturated carbocycles. The van der Waals surface area contributed by atoms with Gasteiger partial charge in [0.25, 0.3) is 5.91 Å². The number of hydrogen-bond donors (Lipinski definition) is 0. The van der Waals surface area contributed by atoms with Crippen LogP contribution in [0.5, 0.6) is 0 Å². The molecule has 9 heteroatoms. The van der Waals surface area contributed by atoms with Crippen molar-refractivity contribution < 1.29 is 17.6 Å². The summed E-state index contributed by atoms with van der Waals surface area (Å²) in [6.07, 6.45) is 2.84. The lowest BCUT2D eigenvalue weighted by Crippen LogP contribution is -2.42. The Hall–Kier alpha value is -2.26. The monoisotopic (exact) mass is 408 g/mol. The molecule has 152 valence electrons. The van der Waals surface area contributed by atoms with Crippen LogP contribution in [0.1, 0.15) is 23.3 Å². The highest BCUT2D eigenvalue weighted by atomic mass is 32.2. The largest absolute Gasteiger partial charge is 0.333 e. The van der Waals surface area contributed by atoms with Crippen LogP contribution in [0.15, 0.2) is 36.5 Å². The van der Waals surface area contributed by atoms with Crippen molar-refractivity contribution in [2.45, 2.75) is 18.9 Å². The molecule has 1 fully saturated rings. The molecule has 2 heterocycles. The summed E-state index contributed by atoms with van der Waals surface area (Å²) in [5.41, 5.74) is 0.890. The first-order chi connectivity index (χ1) is 13.2. The lowest BCUT2D eigenvalue weighted by atomic mass is 10.2. The van der Waals surface area contributed by atoms with E-state index in [1.165, 1.54) is 16.8 Å². The van der Waals surface area contributed by atoms with Crippen molar-refractivity contribution in [3.8, 4) is 5.69 Å². The van der Waals surface area contributed by atoms with Crippen LogP contribution in [0.2, 0.25) is 0 Å². The number of benzene rings is 1. The molecule has 1 atom stereocenters. The summed E-state index contributed by atoms with van der Waals surface area (Å²) in [6, 6.07) is 7.10. The van der Waals surface area contributed by atoms with Crippen LogP contribution in [0, 0.1) is 5.82 Å². The van der Waals surface area contributed by atoms with Crippen molar-refractivity contribution in [1.82, 2.24) is 19.6 Å². The summed E-state index contributed by atoms with van der Waals surface area (Å²) in [4.78, 5) is 16.8. The van der Waals surface area contributed by atoms with E-state index < -0.39 is 9.84 Å². The maximum Gasteiger partial charge on any atom is 0.274 e. The summed E-state index contributed by atoms with van der Waals surface area (Å²) in [5, 5.41) is 4.33. The maximum atomic E-state index is 13.1. The van der Waals surface area contributed by atoms with E-state index in [-0.39, 0.29) is 35.0 Å². The van der Waals surface area contributed by atoms with E-state index >= 15 is 0 Å². The topological polar surface area (TPSA) is 75.5 Å². The molecule has 7 nitrogen and oxygen atoms in total. The van der Waals surface area contributed by atoms with Crippen LogP contribution in [0.3, 0.4) is 0 Å². The summed E-state index contributed by atoms with van der Waals surface area (Å²) >= 11 is 0. The van der Waals surface area contributed by atoms with Crippen molar-refractivity contribution in [3.63, 3.8) is 0 Å². The highest BCUT2D eigenvalue weighted by Gasteiger charge is 2.35. The minimum Gasteiger partial charge on any atom is -0.333 e. The molecule has 1 aliphatic heterocycles. The summed E-state index contributed by atoms with van der Waals surface area (Å²) in [6.45, 7) is 1.27. The second-order valence-corrected chi connectivity index (χ2v) is 9.56. The van der Waals surface area contributed by atoms with Crippen LogP contribution in [-0.4, -0.2) is 78.6 Å². The van der Waals surface area contributed by atoms with Gasteiger partial charge in [-0.1, -0.05) is 0 Å². The van der Waals surface area contributed by atoms with Crippen molar-refractivity contribution >= 4 is 15.7 Å². The molecule has 1 saturated heterocycles. The zero-order chi connectivity index (χ0) is 20.3. The normalized spacial score (nSPS) is 18.5. The Bertz CT molecular complexity index is 925. The van der Waals surface area contributed by atoms with Crippen molar-refractivity contribution in [2.75, 3.05) is 38.7 Å². The second-order valence-electron chi connectivity index (χ2n) is 7.33. The van der Waals surface area contributed by atoms with Gasteiger partial charge < -0.3 is 9.80 Å². The first-order valence-electron chi connectivity index (χ1n) is 9.23. The number of aromatic nitrogens is 2. The Morgan fingerprint density at radius 2 is 1.93 bits per heavy atom. The quantitative estimate of drug-likeness (QED) is 0.696. The van der Waals surface area contributed by atoms with Gasteiger partial charge in [0.05, 0.1) is 17.2 Å². The molecule has 1 unspecified atom stereocenters. The van der Waals surface area contributed by atoms with Crippen LogP contribution in [0.25, 0.3) is 5.69 Å². The standard InChI is InChI=1S/C19H25FN4O3S/c1-22(2)10-3-11-23(17-9-13-28(26,27)14-17)19(25)18-8-12-24(21-18)16-6-4-15(20)5-7-16/h4-8,12,17H,3,9-11,13-14H2,1-2H3. The van der Waals surface area contributed by atoms with E-state index in [4.69, 9.17) is 0 Å². The number of halogens is 1. The number of amides is 1. The van der Waals surface area contributed by atoms with Gasteiger partial charge in [-0.2, -0.15) is 5.10 Å². The summed E-state index contributed by atoms with van der Waals surface area (Å²) in [7, 11) is 0.805. The first kappa shape index (κ1) is 20.5. The number of sulfone groups is 1. The molecular formula is C19H25FN4O3S. The predicted molar refractivity (Wildman–Crippen MR) is 105 cm³/mol. The van der Waals surface area contributed by atoms with Crippen molar-refractivity contribution in [3.05, 3.63) is 48.0 Å². The van der Waals surface area contributed by atoms with Gasteiger partial charge in [-0.05, 0) is 63.8 Å². The van der Waals surface area contributed by atoms with Gasteiger partial charge in [-0.15, -0.1) is 0 Å². The predicted octanol–water partition coefficient (Wildman–Crippen LogP) is 1.59. The fraction of sp³-hybridized carbons (Fsp3) is 0.474. The van der Waals surface area contributed by atoms with Crippen LogP contribution in [0.4, 0.5) is 4.39 Å². The van der Waals surface area contributed by atoms with Gasteiger partial charge >= 0.3 is 0 Å². The van der Waals surface area contributed by atoms with E-state index in [1.54, 1.807) is 29.3 Å². The van der Waals surface area contributed by atoms with Gasteiger partial charge in [0.15, 0.2) is 15.5 Å². The molecule has 0 bridgehead atoms. The van der Waals surface area contributed by atoms with Crippen LogP contribution < -0.4 is 0 Å². The first-order valence-corrected chi connectivity index (χ1v) is 11.0. The Morgan fingerprint density at radius 1 is 1.21 bits per heavy atom. The molecule has 0 aliphatic carbocycles. The molecule has 3 rings (SSSR count). The Balaban J connectivity index is 1.79. The SMILES string of the molecule is CN(C)CCCN(C(=O)c1ccn(-c2ccc(F)cc2)n1)C1CCS(=O)(=O)C1. The minimum absolute atomic E-state index is 0.000620. The number of carbonyl (C=O) groups is 1. The number of nitrogens with zero attached hydrogens (tertiary/aromatic N) is 4. The Labute approximate surface area is 164 Å². The van der Waals surface area contributed by atoms with E-state index in [2.05, 4.69) is 5.10 Å². The summed E-state index contributed by atoms with van der Waals surface area (Å²) in [5.74, 6) is -0.512. The molecule has 0 spiro atoms. The third-order valence-corrected chi connectivity index (χ3v) is 6.56. The third-order valence-electron chi connectivity index (χ3n) is 4.81. The van der Waals surface area contributed by atoms with E-state index in [0.29, 0.717) is 18.7 Å². The maximum absolute atomic E-state index is 13.1. The van der Waals surface area contributed by atoms with Gasteiger partial charge in [-0.3, -0.25) is 4.79 Å². The Morgan fingerprint density at radius 3 is 2.54 bits per heavy atom.